The van der Waals surface area contributed by atoms with Crippen LogP contribution in [0, 0.1) is 10.1 Å². The summed E-state index contributed by atoms with van der Waals surface area (Å²) in [5.41, 5.74) is 0.164. The first-order chi connectivity index (χ1) is 8.91. The molecule has 1 amide bonds. The number of amides is 1. The number of para-hydroxylation sites is 1. The van der Waals surface area contributed by atoms with Crippen LogP contribution in [0.25, 0.3) is 0 Å². The fraction of sp³-hybridized carbons (Fsp3) is 0.333. The molecule has 1 N–H and O–H groups in total. The van der Waals surface area contributed by atoms with Crippen molar-refractivity contribution in [1.29, 1.82) is 0 Å². The Kier molecular flexibility index (Phi) is 4.99. The fourth-order valence-corrected chi connectivity index (χ4v) is 1.60. The van der Waals surface area contributed by atoms with Gasteiger partial charge in [0, 0.05) is 19.9 Å². The van der Waals surface area contributed by atoms with Crippen molar-refractivity contribution in [3.05, 3.63) is 39.9 Å². The van der Waals surface area contributed by atoms with Crippen molar-refractivity contribution in [1.82, 2.24) is 5.32 Å². The van der Waals surface area contributed by atoms with E-state index in [1.165, 1.54) is 32.0 Å². The van der Waals surface area contributed by atoms with E-state index in [1.807, 2.05) is 0 Å². The van der Waals surface area contributed by atoms with Gasteiger partial charge in [-0.05, 0) is 6.07 Å². The Bertz CT molecular complexity index is 501. The number of carbonyl (C=O) groups is 2. The summed E-state index contributed by atoms with van der Waals surface area (Å²) in [6, 6.07) is 5.24. The molecule has 0 heterocycles. The number of carbonyl (C=O) groups excluding carboxylic acids is 2. The van der Waals surface area contributed by atoms with Crippen LogP contribution in [0.5, 0.6) is 0 Å². The lowest BCUT2D eigenvalue weighted by Crippen LogP contribution is -2.30. The van der Waals surface area contributed by atoms with E-state index in [-0.39, 0.29) is 18.2 Å². The molecule has 0 aliphatic rings. The summed E-state index contributed by atoms with van der Waals surface area (Å²) in [5.74, 6) is -0.885. The molecule has 0 aliphatic carbocycles. The largest absolute Gasteiger partial charge is 0.463 e. The van der Waals surface area contributed by atoms with Crippen LogP contribution in [0.2, 0.25) is 0 Å². The zero-order valence-electron chi connectivity index (χ0n) is 10.6. The van der Waals surface area contributed by atoms with Crippen molar-refractivity contribution in [3.63, 3.8) is 0 Å². The monoisotopic (exact) mass is 266 g/mol. The smallest absolute Gasteiger partial charge is 0.302 e. The van der Waals surface area contributed by atoms with Crippen LogP contribution in [0.4, 0.5) is 5.69 Å². The molecule has 19 heavy (non-hydrogen) atoms. The molecule has 1 rings (SSSR count). The van der Waals surface area contributed by atoms with Crippen LogP contribution in [-0.2, 0) is 14.3 Å². The second-order valence-corrected chi connectivity index (χ2v) is 3.87. The van der Waals surface area contributed by atoms with Crippen LogP contribution in [-0.4, -0.2) is 23.4 Å². The minimum absolute atomic E-state index is 0.131. The van der Waals surface area contributed by atoms with Crippen molar-refractivity contribution in [2.45, 2.75) is 19.9 Å². The summed E-state index contributed by atoms with van der Waals surface area (Å²) < 4.78 is 4.82. The second-order valence-electron chi connectivity index (χ2n) is 3.87. The number of nitro benzene ring substituents is 1. The normalized spacial score (nSPS) is 11.5. The maximum absolute atomic E-state index is 11.1. The molecule has 1 aromatic carbocycles. The Hall–Kier alpha value is -2.44. The molecule has 102 valence electrons. The highest BCUT2D eigenvalue weighted by atomic mass is 16.6. The molecule has 1 atom stereocenters. The maximum atomic E-state index is 11.1. The predicted molar refractivity (Wildman–Crippen MR) is 66.3 cm³/mol. The molecule has 7 nitrogen and oxygen atoms in total. The first-order valence-electron chi connectivity index (χ1n) is 5.55. The summed E-state index contributed by atoms with van der Waals surface area (Å²) in [5, 5.41) is 13.5. The van der Waals surface area contributed by atoms with Crippen LogP contribution >= 0.6 is 0 Å². The number of benzene rings is 1. The van der Waals surface area contributed by atoms with Crippen molar-refractivity contribution >= 4 is 17.6 Å². The topological polar surface area (TPSA) is 98.5 Å². The Morgan fingerprint density at radius 3 is 2.53 bits per heavy atom. The first kappa shape index (κ1) is 14.6. The van der Waals surface area contributed by atoms with Crippen LogP contribution < -0.4 is 5.32 Å². The summed E-state index contributed by atoms with van der Waals surface area (Å²) in [4.78, 5) is 32.3. The van der Waals surface area contributed by atoms with Gasteiger partial charge in [-0.3, -0.25) is 19.7 Å². The summed E-state index contributed by atoms with van der Waals surface area (Å²) in [6.45, 7) is 2.36. The van der Waals surface area contributed by atoms with Crippen molar-refractivity contribution in [3.8, 4) is 0 Å². The second kappa shape index (κ2) is 6.48. The Morgan fingerprint density at radius 1 is 1.37 bits per heavy atom. The zero-order chi connectivity index (χ0) is 14.4. The van der Waals surface area contributed by atoms with Gasteiger partial charge in [0.25, 0.3) is 5.69 Å². The summed E-state index contributed by atoms with van der Waals surface area (Å²) in [7, 11) is 0. The number of hydrogen-bond acceptors (Lipinski definition) is 5. The average molecular weight is 266 g/mol. The highest BCUT2D eigenvalue weighted by Gasteiger charge is 2.23. The number of ether oxygens (including phenoxy) is 1. The van der Waals surface area contributed by atoms with Gasteiger partial charge in [-0.1, -0.05) is 12.1 Å². The van der Waals surface area contributed by atoms with Gasteiger partial charge in [0.15, 0.2) is 0 Å². The van der Waals surface area contributed by atoms with E-state index in [0.717, 1.165) is 0 Å². The predicted octanol–water partition coefficient (Wildman–Crippen LogP) is 1.34. The molecule has 0 saturated heterocycles. The minimum atomic E-state index is -0.747. The summed E-state index contributed by atoms with van der Waals surface area (Å²) >= 11 is 0. The number of nitrogens with one attached hydrogen (secondary N) is 1. The lowest BCUT2D eigenvalue weighted by molar-refractivity contribution is -0.385. The van der Waals surface area contributed by atoms with Crippen LogP contribution in [0.3, 0.4) is 0 Å². The van der Waals surface area contributed by atoms with Crippen molar-refractivity contribution < 1.29 is 19.2 Å². The molecule has 0 radical (unpaired) electrons. The molecular weight excluding hydrogens is 252 g/mol. The average Bonchev–Trinajstić information content (AvgIpc) is 2.33. The van der Waals surface area contributed by atoms with Gasteiger partial charge in [0.2, 0.25) is 5.91 Å². The van der Waals surface area contributed by atoms with E-state index in [1.54, 1.807) is 6.07 Å². The fourth-order valence-electron chi connectivity index (χ4n) is 1.60. The lowest BCUT2D eigenvalue weighted by atomic mass is 10.1. The number of esters is 1. The van der Waals surface area contributed by atoms with Gasteiger partial charge < -0.3 is 10.1 Å². The third-order valence-electron chi connectivity index (χ3n) is 2.34. The molecule has 1 aromatic rings. The Balaban J connectivity index is 3.05. The van der Waals surface area contributed by atoms with E-state index in [9.17, 15) is 19.7 Å². The van der Waals surface area contributed by atoms with E-state index >= 15 is 0 Å². The molecule has 7 heteroatoms. The van der Waals surface area contributed by atoms with E-state index in [0.29, 0.717) is 5.56 Å². The van der Waals surface area contributed by atoms with Gasteiger partial charge in [-0.15, -0.1) is 0 Å². The number of rotatable bonds is 5. The zero-order valence-corrected chi connectivity index (χ0v) is 10.6. The SMILES string of the molecule is CC(=O)N[C@H](COC(C)=O)c1ccccc1[N+](=O)[O-]. The van der Waals surface area contributed by atoms with Crippen molar-refractivity contribution in [2.75, 3.05) is 6.61 Å². The molecule has 0 unspecified atom stereocenters. The number of hydrogen-bond donors (Lipinski definition) is 1. The lowest BCUT2D eigenvalue weighted by Gasteiger charge is -2.17. The minimum Gasteiger partial charge on any atom is -0.463 e. The van der Waals surface area contributed by atoms with Gasteiger partial charge in [-0.2, -0.15) is 0 Å². The molecule has 0 spiro atoms. The van der Waals surface area contributed by atoms with E-state index in [2.05, 4.69) is 5.32 Å². The van der Waals surface area contributed by atoms with Gasteiger partial charge in [-0.25, -0.2) is 0 Å². The third-order valence-corrected chi connectivity index (χ3v) is 2.34. The number of nitro groups is 1. The standard InChI is InChI=1S/C12H14N2O5/c1-8(15)13-11(7-19-9(2)16)10-5-3-4-6-12(10)14(17)18/h3-6,11H,7H2,1-2H3,(H,13,15)/t11-/m1/s1. The van der Waals surface area contributed by atoms with E-state index in [4.69, 9.17) is 4.74 Å². The van der Waals surface area contributed by atoms with Gasteiger partial charge in [0.1, 0.15) is 6.61 Å². The molecule has 0 aromatic heterocycles. The van der Waals surface area contributed by atoms with E-state index < -0.39 is 16.9 Å². The molecule has 0 saturated carbocycles. The van der Waals surface area contributed by atoms with Crippen molar-refractivity contribution in [2.24, 2.45) is 0 Å². The van der Waals surface area contributed by atoms with Crippen LogP contribution in [0.1, 0.15) is 25.5 Å². The molecular formula is C12H14N2O5. The maximum Gasteiger partial charge on any atom is 0.302 e. The Labute approximate surface area is 109 Å². The highest BCUT2D eigenvalue weighted by Crippen LogP contribution is 2.25. The van der Waals surface area contributed by atoms with Gasteiger partial charge in [0.05, 0.1) is 16.5 Å². The third kappa shape index (κ3) is 4.38. The molecule has 0 aliphatic heterocycles. The summed E-state index contributed by atoms with van der Waals surface area (Å²) in [6.07, 6.45) is 0. The first-order valence-corrected chi connectivity index (χ1v) is 5.55. The number of nitrogens with zero attached hydrogens (tertiary/aromatic N) is 1. The molecule has 0 bridgehead atoms. The van der Waals surface area contributed by atoms with Gasteiger partial charge >= 0.3 is 5.97 Å². The highest BCUT2D eigenvalue weighted by molar-refractivity contribution is 5.74. The molecule has 0 fully saturated rings. The Morgan fingerprint density at radius 2 is 2.00 bits per heavy atom. The quantitative estimate of drug-likeness (QED) is 0.492. The van der Waals surface area contributed by atoms with Crippen LogP contribution in [0.15, 0.2) is 24.3 Å².